The van der Waals surface area contributed by atoms with E-state index in [0.29, 0.717) is 44.1 Å². The molecule has 2 aliphatic heterocycles. The van der Waals surface area contributed by atoms with Gasteiger partial charge in [0.05, 0.1) is 25.0 Å². The molecule has 0 saturated carbocycles. The zero-order valence-electron chi connectivity index (χ0n) is 21.0. The van der Waals surface area contributed by atoms with E-state index in [4.69, 9.17) is 4.74 Å². The van der Waals surface area contributed by atoms with Gasteiger partial charge in [-0.25, -0.2) is 18.6 Å². The van der Waals surface area contributed by atoms with E-state index in [0.717, 1.165) is 19.5 Å². The molecule has 3 amide bonds. The van der Waals surface area contributed by atoms with Crippen molar-refractivity contribution >= 4 is 17.6 Å². The summed E-state index contributed by atoms with van der Waals surface area (Å²) in [5, 5.41) is 8.49. The summed E-state index contributed by atoms with van der Waals surface area (Å²) in [5.41, 5.74) is 0.917. The lowest BCUT2D eigenvalue weighted by Gasteiger charge is -2.31. The van der Waals surface area contributed by atoms with Gasteiger partial charge in [0, 0.05) is 50.3 Å². The van der Waals surface area contributed by atoms with Gasteiger partial charge in [-0.1, -0.05) is 43.3 Å². The van der Waals surface area contributed by atoms with Crippen molar-refractivity contribution < 1.29 is 23.1 Å². The molecule has 37 heavy (non-hydrogen) atoms. The number of hydrazone groups is 1. The third-order valence-corrected chi connectivity index (χ3v) is 6.54. The molecule has 2 heterocycles. The van der Waals surface area contributed by atoms with Crippen molar-refractivity contribution in [2.24, 2.45) is 5.10 Å². The Morgan fingerprint density at radius 1 is 1.08 bits per heavy atom. The highest BCUT2D eigenvalue weighted by Crippen LogP contribution is 2.34. The molecule has 8 nitrogen and oxygen atoms in total. The molecule has 0 aromatic heterocycles. The number of nitrogens with zero attached hydrogens (tertiary/aromatic N) is 4. The highest BCUT2D eigenvalue weighted by Gasteiger charge is 2.36. The second-order valence-electron chi connectivity index (χ2n) is 9.11. The zero-order valence-corrected chi connectivity index (χ0v) is 21.0. The maximum atomic E-state index is 14.8. The Labute approximate surface area is 215 Å². The highest BCUT2D eigenvalue weighted by molar-refractivity contribution is 6.03. The van der Waals surface area contributed by atoms with E-state index in [2.05, 4.69) is 15.3 Å². The third-order valence-electron chi connectivity index (χ3n) is 6.54. The molecule has 0 bridgehead atoms. The maximum absolute atomic E-state index is 14.8. The van der Waals surface area contributed by atoms with Crippen LogP contribution in [0.4, 0.5) is 13.6 Å². The Hall–Kier alpha value is -3.37. The molecule has 4 rings (SSSR count). The lowest BCUT2D eigenvalue weighted by Crippen LogP contribution is -2.49. The maximum Gasteiger partial charge on any atom is 0.317 e. The van der Waals surface area contributed by atoms with Crippen molar-refractivity contribution in [2.45, 2.75) is 25.8 Å². The first kappa shape index (κ1) is 26.7. The first-order chi connectivity index (χ1) is 18.0. The first-order valence-corrected chi connectivity index (χ1v) is 12.7. The summed E-state index contributed by atoms with van der Waals surface area (Å²) in [6.45, 7) is 5.91. The molecule has 0 radical (unpaired) electrons. The number of hydrogen-bond acceptors (Lipinski definition) is 5. The summed E-state index contributed by atoms with van der Waals surface area (Å²) in [7, 11) is 0. The lowest BCUT2D eigenvalue weighted by atomic mass is 9.97. The molecule has 1 N–H and O–H groups in total. The van der Waals surface area contributed by atoms with Crippen molar-refractivity contribution in [3.05, 3.63) is 71.3 Å². The first-order valence-electron chi connectivity index (χ1n) is 12.7. The van der Waals surface area contributed by atoms with E-state index in [1.54, 1.807) is 36.4 Å². The van der Waals surface area contributed by atoms with Gasteiger partial charge < -0.3 is 15.0 Å². The largest absolute Gasteiger partial charge is 0.379 e. The number of carbonyl (C=O) groups excluding carboxylic acids is 2. The van der Waals surface area contributed by atoms with Crippen LogP contribution in [0, 0.1) is 11.6 Å². The van der Waals surface area contributed by atoms with Gasteiger partial charge in [-0.3, -0.25) is 9.69 Å². The van der Waals surface area contributed by atoms with E-state index >= 15 is 0 Å². The van der Waals surface area contributed by atoms with Crippen LogP contribution in [0.2, 0.25) is 0 Å². The molecule has 1 saturated heterocycles. The molecule has 2 aromatic rings. The molecule has 10 heteroatoms. The summed E-state index contributed by atoms with van der Waals surface area (Å²) >= 11 is 0. The minimum atomic E-state index is -0.747. The minimum Gasteiger partial charge on any atom is -0.379 e. The second-order valence-corrected chi connectivity index (χ2v) is 9.11. The van der Waals surface area contributed by atoms with Gasteiger partial charge in [0.2, 0.25) is 0 Å². The average molecular weight is 514 g/mol. The molecule has 2 aromatic carbocycles. The molecule has 1 fully saturated rings. The number of halogens is 2. The van der Waals surface area contributed by atoms with E-state index in [-0.39, 0.29) is 24.6 Å². The van der Waals surface area contributed by atoms with E-state index < -0.39 is 23.6 Å². The molecule has 0 spiro atoms. The Morgan fingerprint density at radius 2 is 1.78 bits per heavy atom. The van der Waals surface area contributed by atoms with Crippen LogP contribution in [0.1, 0.15) is 36.9 Å². The number of rotatable bonds is 9. The fraction of sp³-hybridized carbons (Fsp3) is 0.444. The quantitative estimate of drug-likeness (QED) is 0.558. The summed E-state index contributed by atoms with van der Waals surface area (Å²) in [5.74, 6) is -1.40. The van der Waals surface area contributed by atoms with Crippen molar-refractivity contribution in [2.75, 3.05) is 52.5 Å². The van der Waals surface area contributed by atoms with Gasteiger partial charge in [-0.2, -0.15) is 5.10 Å². The summed E-state index contributed by atoms with van der Waals surface area (Å²) < 4.78 is 34.7. The lowest BCUT2D eigenvalue weighted by molar-refractivity contribution is -0.133. The monoisotopic (exact) mass is 513 g/mol. The van der Waals surface area contributed by atoms with Crippen LogP contribution in [0.3, 0.4) is 0 Å². The van der Waals surface area contributed by atoms with Gasteiger partial charge in [0.1, 0.15) is 18.2 Å². The van der Waals surface area contributed by atoms with Crippen molar-refractivity contribution in [1.29, 1.82) is 0 Å². The van der Waals surface area contributed by atoms with Crippen LogP contribution in [0.15, 0.2) is 53.6 Å². The minimum absolute atomic E-state index is 0.156. The molecule has 0 unspecified atom stereocenters. The number of amides is 3. The third kappa shape index (κ3) is 6.69. The number of urea groups is 1. The van der Waals surface area contributed by atoms with Crippen molar-refractivity contribution in [3.63, 3.8) is 0 Å². The van der Waals surface area contributed by atoms with Crippen LogP contribution < -0.4 is 5.32 Å². The second kappa shape index (κ2) is 12.7. The van der Waals surface area contributed by atoms with Crippen molar-refractivity contribution in [3.8, 4) is 0 Å². The fourth-order valence-electron chi connectivity index (χ4n) is 4.50. The van der Waals surface area contributed by atoms with Crippen LogP contribution >= 0.6 is 0 Å². The number of nitrogens with one attached hydrogen (secondary N) is 1. The zero-order chi connectivity index (χ0) is 26.2. The normalized spacial score (nSPS) is 18.0. The van der Waals surface area contributed by atoms with Gasteiger partial charge >= 0.3 is 6.03 Å². The fourth-order valence-corrected chi connectivity index (χ4v) is 4.50. The Bertz CT molecular complexity index is 1120. The number of benzene rings is 2. The number of hydrogen-bond donors (Lipinski definition) is 1. The predicted octanol–water partition coefficient (Wildman–Crippen LogP) is 3.40. The van der Waals surface area contributed by atoms with Crippen LogP contribution in [0.5, 0.6) is 0 Å². The van der Waals surface area contributed by atoms with Crippen molar-refractivity contribution in [1.82, 2.24) is 20.1 Å². The number of morpholine rings is 1. The van der Waals surface area contributed by atoms with Gasteiger partial charge in [-0.15, -0.1) is 0 Å². The van der Waals surface area contributed by atoms with E-state index in [9.17, 15) is 18.4 Å². The molecular weight excluding hydrogens is 480 g/mol. The molecule has 0 aliphatic carbocycles. The standard InChI is InChI=1S/C27H33F2N5O3/c1-2-11-30-27(36)33(13-12-32-14-16-37-17-15-32)19-26(35)34-25(21-8-4-6-10-23(21)29)18-24(31-34)20-7-3-5-9-22(20)28/h3-10,25H,2,11-19H2,1H3,(H,30,36)/t25-/m1/s1. The van der Waals surface area contributed by atoms with E-state index in [1.807, 2.05) is 6.92 Å². The average Bonchev–Trinajstić information content (AvgIpc) is 3.35. The Morgan fingerprint density at radius 3 is 2.49 bits per heavy atom. The predicted molar refractivity (Wildman–Crippen MR) is 136 cm³/mol. The van der Waals surface area contributed by atoms with Gasteiger partial charge in [-0.05, 0) is 18.6 Å². The molecule has 198 valence electrons. The highest BCUT2D eigenvalue weighted by atomic mass is 19.1. The van der Waals surface area contributed by atoms with Crippen LogP contribution in [-0.4, -0.2) is 84.9 Å². The molecule has 1 atom stereocenters. The topological polar surface area (TPSA) is 77.5 Å². The number of ether oxygens (including phenoxy) is 1. The van der Waals surface area contributed by atoms with Crippen LogP contribution in [-0.2, 0) is 9.53 Å². The molecule has 2 aliphatic rings. The van der Waals surface area contributed by atoms with E-state index in [1.165, 1.54) is 22.0 Å². The Balaban J connectivity index is 1.57. The Kier molecular flexibility index (Phi) is 9.19. The molecular formula is C27H33F2N5O3. The van der Waals surface area contributed by atoms with Gasteiger partial charge in [0.25, 0.3) is 5.91 Å². The smallest absolute Gasteiger partial charge is 0.317 e. The summed E-state index contributed by atoms with van der Waals surface area (Å²) in [4.78, 5) is 30.1. The summed E-state index contributed by atoms with van der Waals surface area (Å²) in [6.07, 6.45) is 0.915. The van der Waals surface area contributed by atoms with Gasteiger partial charge in [0.15, 0.2) is 0 Å². The number of carbonyl (C=O) groups is 2. The van der Waals surface area contributed by atoms with Crippen LogP contribution in [0.25, 0.3) is 0 Å². The summed E-state index contributed by atoms with van der Waals surface area (Å²) in [6, 6.07) is 11.3. The SMILES string of the molecule is CCCNC(=O)N(CCN1CCOCC1)CC(=O)N1N=C(c2ccccc2F)C[C@@H]1c1ccccc1F.